The van der Waals surface area contributed by atoms with E-state index in [0.717, 1.165) is 10.0 Å². The predicted molar refractivity (Wildman–Crippen MR) is 103 cm³/mol. The first kappa shape index (κ1) is 18.8. The van der Waals surface area contributed by atoms with E-state index >= 15 is 0 Å². The van der Waals surface area contributed by atoms with E-state index in [1.807, 2.05) is 24.3 Å². The third-order valence-corrected chi connectivity index (χ3v) is 4.14. The molecule has 0 aliphatic carbocycles. The molecule has 27 heavy (non-hydrogen) atoms. The van der Waals surface area contributed by atoms with E-state index in [4.69, 9.17) is 9.15 Å². The van der Waals surface area contributed by atoms with Crippen LogP contribution >= 0.6 is 15.9 Å². The lowest BCUT2D eigenvalue weighted by Crippen LogP contribution is -2.09. The van der Waals surface area contributed by atoms with Crippen LogP contribution in [-0.2, 0) is 11.4 Å². The molecule has 3 aromatic rings. The molecule has 1 aromatic heterocycles. The van der Waals surface area contributed by atoms with Crippen LogP contribution in [0.25, 0.3) is 11.5 Å². The highest BCUT2D eigenvalue weighted by atomic mass is 79.9. The Morgan fingerprint density at radius 3 is 2.52 bits per heavy atom. The number of ether oxygens (including phenoxy) is 1. The van der Waals surface area contributed by atoms with Gasteiger partial charge in [0.25, 0.3) is 5.89 Å². The minimum absolute atomic E-state index is 0.00251. The Hall–Kier alpha value is -3.00. The summed E-state index contributed by atoms with van der Waals surface area (Å²) in [5.41, 5.74) is 1.72. The number of hydrogen-bond donors (Lipinski definition) is 1. The highest BCUT2D eigenvalue weighted by molar-refractivity contribution is 9.10. The number of carbonyl (C=O) groups excluding carboxylic acids is 2. The second-order valence-corrected chi connectivity index (χ2v) is 6.66. The smallest absolute Gasteiger partial charge is 0.254 e. The van der Waals surface area contributed by atoms with Gasteiger partial charge < -0.3 is 14.5 Å². The Morgan fingerprint density at radius 2 is 1.85 bits per heavy atom. The van der Waals surface area contributed by atoms with Crippen molar-refractivity contribution in [2.45, 2.75) is 20.5 Å². The van der Waals surface area contributed by atoms with Gasteiger partial charge in [0, 0.05) is 22.5 Å². The van der Waals surface area contributed by atoms with Crippen LogP contribution in [-0.4, -0.2) is 21.9 Å². The van der Waals surface area contributed by atoms with Crippen molar-refractivity contribution >= 4 is 33.3 Å². The SMILES string of the molecule is CC(=O)Nc1ccc(C(C)=O)cc1OCc1nnc(-c2ccc(Br)cc2)o1. The molecule has 0 unspecified atom stereocenters. The lowest BCUT2D eigenvalue weighted by atomic mass is 10.1. The lowest BCUT2D eigenvalue weighted by Gasteiger charge is -2.11. The second-order valence-electron chi connectivity index (χ2n) is 5.74. The number of rotatable bonds is 6. The Bertz CT molecular complexity index is 983. The molecule has 7 nitrogen and oxygen atoms in total. The molecule has 0 saturated heterocycles. The van der Waals surface area contributed by atoms with Gasteiger partial charge in [-0.1, -0.05) is 15.9 Å². The fraction of sp³-hybridized carbons (Fsp3) is 0.158. The Balaban J connectivity index is 1.77. The molecule has 0 bridgehead atoms. The first-order valence-corrected chi connectivity index (χ1v) is 8.85. The van der Waals surface area contributed by atoms with E-state index in [-0.39, 0.29) is 24.2 Å². The molecular formula is C19H16BrN3O4. The number of anilines is 1. The summed E-state index contributed by atoms with van der Waals surface area (Å²) in [6.07, 6.45) is 0. The monoisotopic (exact) mass is 429 g/mol. The van der Waals surface area contributed by atoms with Gasteiger partial charge in [0.05, 0.1) is 5.69 Å². The summed E-state index contributed by atoms with van der Waals surface area (Å²) >= 11 is 3.37. The molecule has 2 aromatic carbocycles. The second kappa shape index (κ2) is 8.13. The zero-order chi connectivity index (χ0) is 19.4. The van der Waals surface area contributed by atoms with Crippen molar-refractivity contribution in [1.82, 2.24) is 10.2 Å². The van der Waals surface area contributed by atoms with E-state index in [9.17, 15) is 9.59 Å². The molecule has 0 saturated carbocycles. The minimum Gasteiger partial charge on any atom is -0.482 e. The summed E-state index contributed by atoms with van der Waals surface area (Å²) in [6.45, 7) is 2.85. The van der Waals surface area contributed by atoms with Crippen molar-refractivity contribution < 1.29 is 18.7 Å². The number of benzene rings is 2. The van der Waals surface area contributed by atoms with E-state index in [0.29, 0.717) is 22.9 Å². The Labute approximate surface area is 163 Å². The maximum Gasteiger partial charge on any atom is 0.254 e. The van der Waals surface area contributed by atoms with Crippen molar-refractivity contribution in [2.24, 2.45) is 0 Å². The molecule has 3 rings (SSSR count). The van der Waals surface area contributed by atoms with Gasteiger partial charge >= 0.3 is 0 Å². The third kappa shape index (κ3) is 4.79. The zero-order valence-corrected chi connectivity index (χ0v) is 16.2. The Morgan fingerprint density at radius 1 is 1.11 bits per heavy atom. The predicted octanol–water partition coefficient (Wildman–Crippen LogP) is 4.24. The van der Waals surface area contributed by atoms with Crippen molar-refractivity contribution in [3.63, 3.8) is 0 Å². The fourth-order valence-corrected chi connectivity index (χ4v) is 2.58. The van der Waals surface area contributed by atoms with Crippen molar-refractivity contribution in [2.75, 3.05) is 5.32 Å². The third-order valence-electron chi connectivity index (χ3n) is 3.61. The number of amides is 1. The topological polar surface area (TPSA) is 94.3 Å². The van der Waals surface area contributed by atoms with Crippen LogP contribution in [0.3, 0.4) is 0 Å². The number of halogens is 1. The molecule has 0 spiro atoms. The molecule has 0 aliphatic rings. The van der Waals surface area contributed by atoms with E-state index in [1.54, 1.807) is 18.2 Å². The van der Waals surface area contributed by atoms with Crippen LogP contribution in [0.4, 0.5) is 5.69 Å². The van der Waals surface area contributed by atoms with Gasteiger partial charge in [-0.3, -0.25) is 9.59 Å². The molecule has 0 fully saturated rings. The van der Waals surface area contributed by atoms with Gasteiger partial charge in [0.1, 0.15) is 5.75 Å². The first-order chi connectivity index (χ1) is 12.9. The van der Waals surface area contributed by atoms with Crippen molar-refractivity contribution in [3.8, 4) is 17.2 Å². The average molecular weight is 430 g/mol. The van der Waals surface area contributed by atoms with Crippen LogP contribution < -0.4 is 10.1 Å². The number of nitrogens with zero attached hydrogens (tertiary/aromatic N) is 2. The molecular weight excluding hydrogens is 414 g/mol. The molecule has 0 atom stereocenters. The number of Topliss-reactive ketones (excluding diaryl/α,β-unsaturated/α-hetero) is 1. The standard InChI is InChI=1S/C19H16BrN3O4/c1-11(24)14-5-8-16(21-12(2)25)17(9-14)26-10-18-22-23-19(27-18)13-3-6-15(20)7-4-13/h3-9H,10H2,1-2H3,(H,21,25). The van der Waals surface area contributed by atoms with Crippen LogP contribution in [0.5, 0.6) is 5.75 Å². The largest absolute Gasteiger partial charge is 0.482 e. The van der Waals surface area contributed by atoms with Gasteiger partial charge in [-0.2, -0.15) is 0 Å². The number of carbonyl (C=O) groups is 2. The molecule has 0 radical (unpaired) electrons. The van der Waals surface area contributed by atoms with Gasteiger partial charge in [-0.15, -0.1) is 10.2 Å². The van der Waals surface area contributed by atoms with Gasteiger partial charge in [-0.05, 0) is 49.4 Å². The summed E-state index contributed by atoms with van der Waals surface area (Å²) in [5, 5.41) is 10.6. The Kier molecular flexibility index (Phi) is 5.66. The quantitative estimate of drug-likeness (QED) is 0.588. The van der Waals surface area contributed by atoms with Gasteiger partial charge in [0.15, 0.2) is 12.4 Å². The highest BCUT2D eigenvalue weighted by Crippen LogP contribution is 2.28. The number of nitrogens with one attached hydrogen (secondary N) is 1. The lowest BCUT2D eigenvalue weighted by molar-refractivity contribution is -0.114. The van der Waals surface area contributed by atoms with Crippen molar-refractivity contribution in [1.29, 1.82) is 0 Å². The molecule has 8 heteroatoms. The normalized spacial score (nSPS) is 10.5. The summed E-state index contributed by atoms with van der Waals surface area (Å²) in [7, 11) is 0. The highest BCUT2D eigenvalue weighted by Gasteiger charge is 2.13. The number of hydrogen-bond acceptors (Lipinski definition) is 6. The number of aromatic nitrogens is 2. The van der Waals surface area contributed by atoms with Gasteiger partial charge in [-0.25, -0.2) is 0 Å². The van der Waals surface area contributed by atoms with E-state index in [2.05, 4.69) is 31.4 Å². The summed E-state index contributed by atoms with van der Waals surface area (Å²) in [4.78, 5) is 23.0. The van der Waals surface area contributed by atoms with Crippen LogP contribution in [0, 0.1) is 0 Å². The van der Waals surface area contributed by atoms with E-state index < -0.39 is 0 Å². The summed E-state index contributed by atoms with van der Waals surface area (Å²) in [6, 6.07) is 12.3. The molecule has 1 heterocycles. The summed E-state index contributed by atoms with van der Waals surface area (Å²) in [5.74, 6) is 0.646. The molecule has 0 aliphatic heterocycles. The number of ketones is 1. The zero-order valence-electron chi connectivity index (χ0n) is 14.7. The average Bonchev–Trinajstić information content (AvgIpc) is 3.10. The molecule has 1 amide bonds. The first-order valence-electron chi connectivity index (χ1n) is 8.06. The maximum absolute atomic E-state index is 11.6. The van der Waals surface area contributed by atoms with Crippen LogP contribution in [0.15, 0.2) is 51.4 Å². The van der Waals surface area contributed by atoms with Gasteiger partial charge in [0.2, 0.25) is 11.8 Å². The minimum atomic E-state index is -0.245. The summed E-state index contributed by atoms with van der Waals surface area (Å²) < 4.78 is 12.3. The van der Waals surface area contributed by atoms with Crippen LogP contribution in [0.1, 0.15) is 30.1 Å². The van der Waals surface area contributed by atoms with Crippen LogP contribution in [0.2, 0.25) is 0 Å². The molecule has 138 valence electrons. The maximum atomic E-state index is 11.6. The van der Waals surface area contributed by atoms with E-state index in [1.165, 1.54) is 13.8 Å². The molecule has 1 N–H and O–H groups in total. The van der Waals surface area contributed by atoms with Crippen molar-refractivity contribution in [3.05, 3.63) is 58.4 Å². The fourth-order valence-electron chi connectivity index (χ4n) is 2.31.